The number of fused-ring (bicyclic) bond motifs is 1. The van der Waals surface area contributed by atoms with E-state index >= 15 is 0 Å². The quantitative estimate of drug-likeness (QED) is 0.695. The second-order valence-corrected chi connectivity index (χ2v) is 6.65. The maximum atomic E-state index is 13.2. The molecular weight excluding hydrogens is 305 g/mol. The van der Waals surface area contributed by atoms with Gasteiger partial charge in [-0.1, -0.05) is 11.8 Å². The van der Waals surface area contributed by atoms with Crippen LogP contribution in [0.4, 0.5) is 4.39 Å². The SMILES string of the molecule is C[C@H](Sc1nc2ccc(F)cc2c(=O)[nH]1)C(=O)N1CCCC1. The molecule has 3 rings (SSSR count). The highest BCUT2D eigenvalue weighted by Crippen LogP contribution is 2.23. The molecule has 22 heavy (non-hydrogen) atoms. The molecule has 1 atom stereocenters. The van der Waals surface area contributed by atoms with Gasteiger partial charge in [0.05, 0.1) is 16.2 Å². The molecule has 1 N–H and O–H groups in total. The highest BCUT2D eigenvalue weighted by Gasteiger charge is 2.24. The minimum atomic E-state index is -0.474. The van der Waals surface area contributed by atoms with Crippen LogP contribution in [0, 0.1) is 5.82 Å². The van der Waals surface area contributed by atoms with Gasteiger partial charge in [-0.2, -0.15) is 0 Å². The topological polar surface area (TPSA) is 66.1 Å². The van der Waals surface area contributed by atoms with E-state index in [0.29, 0.717) is 10.7 Å². The van der Waals surface area contributed by atoms with E-state index in [2.05, 4.69) is 9.97 Å². The van der Waals surface area contributed by atoms with Crippen molar-refractivity contribution < 1.29 is 9.18 Å². The number of amides is 1. The lowest BCUT2D eigenvalue weighted by atomic mass is 10.2. The van der Waals surface area contributed by atoms with E-state index in [1.807, 2.05) is 4.90 Å². The molecule has 116 valence electrons. The number of nitrogens with one attached hydrogen (secondary N) is 1. The van der Waals surface area contributed by atoms with Gasteiger partial charge in [-0.15, -0.1) is 0 Å². The molecule has 1 aromatic carbocycles. The number of thioether (sulfide) groups is 1. The van der Waals surface area contributed by atoms with Crippen LogP contribution in [0.3, 0.4) is 0 Å². The minimum absolute atomic E-state index is 0.0596. The van der Waals surface area contributed by atoms with Crippen LogP contribution >= 0.6 is 11.8 Å². The Hall–Kier alpha value is -1.89. The summed E-state index contributed by atoms with van der Waals surface area (Å²) < 4.78 is 13.2. The van der Waals surface area contributed by atoms with Gasteiger partial charge in [0.1, 0.15) is 5.82 Å². The summed E-state index contributed by atoms with van der Waals surface area (Å²) in [5.74, 6) is -0.415. The van der Waals surface area contributed by atoms with Gasteiger partial charge in [-0.3, -0.25) is 9.59 Å². The first kappa shape index (κ1) is 15.0. The molecular formula is C15H16FN3O2S. The molecule has 1 amide bonds. The molecule has 2 aromatic rings. The van der Waals surface area contributed by atoms with E-state index in [1.54, 1.807) is 6.92 Å². The van der Waals surface area contributed by atoms with Gasteiger partial charge in [-0.25, -0.2) is 9.37 Å². The fourth-order valence-electron chi connectivity index (χ4n) is 2.56. The first-order valence-corrected chi connectivity index (χ1v) is 8.07. The summed E-state index contributed by atoms with van der Waals surface area (Å²) in [6, 6.07) is 3.90. The Balaban J connectivity index is 1.83. The average molecular weight is 321 g/mol. The Morgan fingerprint density at radius 1 is 1.41 bits per heavy atom. The molecule has 2 heterocycles. The summed E-state index contributed by atoms with van der Waals surface area (Å²) in [5.41, 5.74) is 0.0290. The van der Waals surface area contributed by atoms with E-state index in [4.69, 9.17) is 0 Å². The molecule has 1 aromatic heterocycles. The van der Waals surface area contributed by atoms with Crippen molar-refractivity contribution >= 4 is 28.6 Å². The Morgan fingerprint density at radius 3 is 2.86 bits per heavy atom. The third-order valence-electron chi connectivity index (χ3n) is 3.70. The number of carbonyl (C=O) groups excluding carboxylic acids is 1. The third-order valence-corrected chi connectivity index (χ3v) is 4.67. The number of aromatic amines is 1. The zero-order valence-electron chi connectivity index (χ0n) is 12.1. The summed E-state index contributed by atoms with van der Waals surface area (Å²) in [5, 5.41) is 0.270. The number of hydrogen-bond donors (Lipinski definition) is 1. The average Bonchev–Trinajstić information content (AvgIpc) is 3.01. The van der Waals surface area contributed by atoms with Gasteiger partial charge in [0.15, 0.2) is 5.16 Å². The van der Waals surface area contributed by atoms with Gasteiger partial charge in [0, 0.05) is 13.1 Å². The van der Waals surface area contributed by atoms with Gasteiger partial charge in [0.25, 0.3) is 5.56 Å². The number of rotatable bonds is 3. The fraction of sp³-hybridized carbons (Fsp3) is 0.400. The highest BCUT2D eigenvalue weighted by atomic mass is 32.2. The molecule has 0 unspecified atom stereocenters. The second kappa shape index (κ2) is 6.08. The van der Waals surface area contributed by atoms with Crippen molar-refractivity contribution in [3.63, 3.8) is 0 Å². The van der Waals surface area contributed by atoms with Crippen LogP contribution in [-0.2, 0) is 4.79 Å². The standard InChI is InChI=1S/C15H16FN3O2S/c1-9(14(21)19-6-2-3-7-19)22-15-17-12-5-4-10(16)8-11(12)13(20)18-15/h4-5,8-9H,2-3,6-7H2,1H3,(H,17,18,20)/t9-/m0/s1. The van der Waals surface area contributed by atoms with Crippen LogP contribution in [0.15, 0.2) is 28.2 Å². The van der Waals surface area contributed by atoms with Crippen molar-refractivity contribution in [3.8, 4) is 0 Å². The Labute approximate surface area is 130 Å². The Bertz CT molecular complexity index is 771. The first-order valence-electron chi connectivity index (χ1n) is 7.19. The molecule has 0 saturated carbocycles. The van der Waals surface area contributed by atoms with Crippen molar-refractivity contribution in [1.29, 1.82) is 0 Å². The van der Waals surface area contributed by atoms with E-state index in [-0.39, 0.29) is 16.5 Å². The lowest BCUT2D eigenvalue weighted by Gasteiger charge is -2.19. The fourth-order valence-corrected chi connectivity index (χ4v) is 3.45. The summed E-state index contributed by atoms with van der Waals surface area (Å²) in [6.07, 6.45) is 2.08. The number of benzene rings is 1. The number of likely N-dealkylation sites (tertiary alicyclic amines) is 1. The predicted molar refractivity (Wildman–Crippen MR) is 83.5 cm³/mol. The van der Waals surface area contributed by atoms with Crippen molar-refractivity contribution in [2.75, 3.05) is 13.1 Å². The van der Waals surface area contributed by atoms with Crippen LogP contribution < -0.4 is 5.56 Å². The number of nitrogens with zero attached hydrogens (tertiary/aromatic N) is 2. The van der Waals surface area contributed by atoms with Crippen LogP contribution in [0.1, 0.15) is 19.8 Å². The maximum Gasteiger partial charge on any atom is 0.259 e. The van der Waals surface area contributed by atoms with Gasteiger partial charge in [0.2, 0.25) is 5.91 Å². The lowest BCUT2D eigenvalue weighted by molar-refractivity contribution is -0.129. The predicted octanol–water partition coefficient (Wildman–Crippen LogP) is 2.17. The molecule has 0 aliphatic carbocycles. The smallest absolute Gasteiger partial charge is 0.259 e. The molecule has 1 aliphatic rings. The molecule has 1 saturated heterocycles. The molecule has 1 aliphatic heterocycles. The molecule has 0 radical (unpaired) electrons. The third kappa shape index (κ3) is 2.99. The second-order valence-electron chi connectivity index (χ2n) is 5.33. The monoisotopic (exact) mass is 321 g/mol. The van der Waals surface area contributed by atoms with E-state index < -0.39 is 11.4 Å². The van der Waals surface area contributed by atoms with Gasteiger partial charge >= 0.3 is 0 Å². The van der Waals surface area contributed by atoms with E-state index in [0.717, 1.165) is 32.0 Å². The van der Waals surface area contributed by atoms with Crippen molar-refractivity contribution in [2.24, 2.45) is 0 Å². The zero-order valence-corrected chi connectivity index (χ0v) is 13.0. The van der Waals surface area contributed by atoms with Crippen LogP contribution in [-0.4, -0.2) is 39.1 Å². The van der Waals surface area contributed by atoms with Crippen molar-refractivity contribution in [3.05, 3.63) is 34.4 Å². The maximum absolute atomic E-state index is 13.2. The summed E-state index contributed by atoms with van der Waals surface area (Å²) in [6.45, 7) is 3.40. The van der Waals surface area contributed by atoms with Crippen molar-refractivity contribution in [1.82, 2.24) is 14.9 Å². The number of carbonyl (C=O) groups is 1. The van der Waals surface area contributed by atoms with Crippen LogP contribution in [0.25, 0.3) is 10.9 Å². The molecule has 0 bridgehead atoms. The Morgan fingerprint density at radius 2 is 2.14 bits per heavy atom. The highest BCUT2D eigenvalue weighted by molar-refractivity contribution is 8.00. The van der Waals surface area contributed by atoms with Crippen LogP contribution in [0.5, 0.6) is 0 Å². The Kier molecular flexibility index (Phi) is 4.15. The van der Waals surface area contributed by atoms with Gasteiger partial charge < -0.3 is 9.88 Å². The largest absolute Gasteiger partial charge is 0.342 e. The number of halogens is 1. The molecule has 0 spiro atoms. The van der Waals surface area contributed by atoms with Crippen molar-refractivity contribution in [2.45, 2.75) is 30.2 Å². The minimum Gasteiger partial charge on any atom is -0.342 e. The molecule has 7 heteroatoms. The molecule has 5 nitrogen and oxygen atoms in total. The summed E-state index contributed by atoms with van der Waals surface area (Å²) in [4.78, 5) is 33.0. The molecule has 1 fully saturated rings. The van der Waals surface area contributed by atoms with E-state index in [1.165, 1.54) is 23.9 Å². The first-order chi connectivity index (χ1) is 10.5. The van der Waals surface area contributed by atoms with E-state index in [9.17, 15) is 14.0 Å². The number of aromatic nitrogens is 2. The normalized spacial score (nSPS) is 16.2. The zero-order chi connectivity index (χ0) is 15.7. The summed E-state index contributed by atoms with van der Waals surface area (Å²) in [7, 11) is 0. The number of H-pyrrole nitrogens is 1. The summed E-state index contributed by atoms with van der Waals surface area (Å²) >= 11 is 1.22. The lowest BCUT2D eigenvalue weighted by Crippen LogP contribution is -2.34. The van der Waals surface area contributed by atoms with Gasteiger partial charge in [-0.05, 0) is 38.0 Å². The number of hydrogen-bond acceptors (Lipinski definition) is 4. The van der Waals surface area contributed by atoms with Crippen LogP contribution in [0.2, 0.25) is 0 Å².